The van der Waals surface area contributed by atoms with Gasteiger partial charge in [0.25, 0.3) is 0 Å². The highest BCUT2D eigenvalue weighted by atomic mass is 19.4. The first-order valence-electron chi connectivity index (χ1n) is 9.33. The van der Waals surface area contributed by atoms with Crippen molar-refractivity contribution in [2.45, 2.75) is 31.5 Å². The van der Waals surface area contributed by atoms with E-state index in [0.717, 1.165) is 6.07 Å². The Labute approximate surface area is 161 Å². The highest BCUT2D eigenvalue weighted by Gasteiger charge is 2.43. The van der Waals surface area contributed by atoms with Crippen molar-refractivity contribution in [2.75, 3.05) is 36.0 Å². The van der Waals surface area contributed by atoms with Gasteiger partial charge in [-0.15, -0.1) is 0 Å². The van der Waals surface area contributed by atoms with Crippen LogP contribution in [-0.2, 0) is 6.18 Å². The Morgan fingerprint density at radius 1 is 1.07 bits per heavy atom. The van der Waals surface area contributed by atoms with Gasteiger partial charge in [-0.2, -0.15) is 13.2 Å². The van der Waals surface area contributed by atoms with Gasteiger partial charge < -0.3 is 14.9 Å². The highest BCUT2D eigenvalue weighted by Crippen LogP contribution is 2.43. The molecule has 4 rings (SSSR count). The molecule has 1 atom stereocenters. The molecule has 2 aliphatic rings. The number of anilines is 2. The maximum absolute atomic E-state index is 13.3. The Bertz CT molecular complexity index is 809. The molecule has 0 aliphatic carbocycles. The third-order valence-electron chi connectivity index (χ3n) is 5.72. The third-order valence-corrected chi connectivity index (χ3v) is 5.72. The molecule has 0 radical (unpaired) electrons. The zero-order chi connectivity index (χ0) is 19.8. The van der Waals surface area contributed by atoms with Gasteiger partial charge in [-0.1, -0.05) is 0 Å². The van der Waals surface area contributed by atoms with Crippen LogP contribution >= 0.6 is 0 Å². The van der Waals surface area contributed by atoms with E-state index in [0.29, 0.717) is 51.3 Å². The van der Waals surface area contributed by atoms with Crippen LogP contribution in [0.1, 0.15) is 24.8 Å². The van der Waals surface area contributed by atoms with Crippen LogP contribution in [0.3, 0.4) is 0 Å². The first-order valence-corrected chi connectivity index (χ1v) is 9.33. The molecular formula is C19H22F3N5O. The fourth-order valence-electron chi connectivity index (χ4n) is 4.41. The Hall–Kier alpha value is -2.42. The van der Waals surface area contributed by atoms with Crippen molar-refractivity contribution in [3.8, 4) is 0 Å². The van der Waals surface area contributed by atoms with Crippen LogP contribution in [0.2, 0.25) is 0 Å². The van der Waals surface area contributed by atoms with E-state index in [1.165, 1.54) is 12.3 Å². The minimum absolute atomic E-state index is 0.00742. The zero-order valence-electron chi connectivity index (χ0n) is 15.3. The summed E-state index contributed by atoms with van der Waals surface area (Å²) in [6, 6.07) is 2.39. The van der Waals surface area contributed by atoms with Gasteiger partial charge in [-0.25, -0.2) is 9.97 Å². The Morgan fingerprint density at radius 3 is 2.54 bits per heavy atom. The molecule has 1 unspecified atom stereocenters. The van der Waals surface area contributed by atoms with Gasteiger partial charge in [0, 0.05) is 44.8 Å². The molecule has 2 saturated heterocycles. The number of aliphatic hydroxyl groups excluding tert-OH is 1. The lowest BCUT2D eigenvalue weighted by Crippen LogP contribution is -2.54. The fourth-order valence-corrected chi connectivity index (χ4v) is 4.41. The quantitative estimate of drug-likeness (QED) is 0.847. The molecule has 0 bridgehead atoms. The molecule has 1 spiro atoms. The minimum atomic E-state index is -4.43. The number of piperidine rings is 2. The second kappa shape index (κ2) is 7.20. The summed E-state index contributed by atoms with van der Waals surface area (Å²) < 4.78 is 40.0. The number of hydrogen-bond donors (Lipinski definition) is 1. The molecule has 2 aliphatic heterocycles. The summed E-state index contributed by atoms with van der Waals surface area (Å²) >= 11 is 0. The lowest BCUT2D eigenvalue weighted by molar-refractivity contribution is -0.137. The summed E-state index contributed by atoms with van der Waals surface area (Å²) in [4.78, 5) is 16.2. The van der Waals surface area contributed by atoms with Gasteiger partial charge >= 0.3 is 6.18 Å². The third kappa shape index (κ3) is 3.76. The predicted octanol–water partition coefficient (Wildman–Crippen LogP) is 2.75. The topological polar surface area (TPSA) is 65.4 Å². The summed E-state index contributed by atoms with van der Waals surface area (Å²) in [7, 11) is 0. The van der Waals surface area contributed by atoms with Crippen LogP contribution in [0.15, 0.2) is 36.9 Å². The summed E-state index contributed by atoms with van der Waals surface area (Å²) in [6.45, 7) is 2.15. The first kappa shape index (κ1) is 18.9. The van der Waals surface area contributed by atoms with E-state index in [9.17, 15) is 18.3 Å². The molecule has 28 heavy (non-hydrogen) atoms. The average Bonchev–Trinajstić information content (AvgIpc) is 2.68. The van der Waals surface area contributed by atoms with E-state index in [-0.39, 0.29) is 11.2 Å². The van der Waals surface area contributed by atoms with Gasteiger partial charge in [0.1, 0.15) is 11.6 Å². The number of β-amino-alcohol motifs (C(OH)–C–C–N with tert-alkyl or cyclic N) is 1. The number of halogens is 3. The van der Waals surface area contributed by atoms with E-state index < -0.39 is 17.8 Å². The summed E-state index contributed by atoms with van der Waals surface area (Å²) in [5, 5.41) is 10.4. The molecule has 2 aromatic rings. The number of pyridine rings is 1. The summed E-state index contributed by atoms with van der Waals surface area (Å²) in [6.07, 6.45) is 3.38. The number of nitrogens with zero attached hydrogens (tertiary/aromatic N) is 5. The molecule has 0 aromatic carbocycles. The van der Waals surface area contributed by atoms with Crippen molar-refractivity contribution in [3.05, 3.63) is 42.5 Å². The van der Waals surface area contributed by atoms with Crippen molar-refractivity contribution >= 4 is 11.6 Å². The lowest BCUT2D eigenvalue weighted by atomic mass is 9.71. The van der Waals surface area contributed by atoms with E-state index >= 15 is 0 Å². The molecule has 0 saturated carbocycles. The van der Waals surface area contributed by atoms with Crippen LogP contribution < -0.4 is 9.80 Å². The predicted molar refractivity (Wildman–Crippen MR) is 98.0 cm³/mol. The normalized spacial score (nSPS) is 22.5. The van der Waals surface area contributed by atoms with Crippen LogP contribution in [0, 0.1) is 5.41 Å². The zero-order valence-corrected chi connectivity index (χ0v) is 15.3. The second-order valence-corrected chi connectivity index (χ2v) is 7.66. The molecule has 2 fully saturated rings. The molecule has 150 valence electrons. The summed E-state index contributed by atoms with van der Waals surface area (Å²) in [5.41, 5.74) is -0.852. The van der Waals surface area contributed by atoms with E-state index in [2.05, 4.69) is 15.0 Å². The number of hydrogen-bond acceptors (Lipinski definition) is 6. The largest absolute Gasteiger partial charge is 0.419 e. The van der Waals surface area contributed by atoms with Crippen LogP contribution in [0.25, 0.3) is 0 Å². The lowest BCUT2D eigenvalue weighted by Gasteiger charge is -2.49. The SMILES string of the molecule is OC1CN(c2cnccn2)CC2(CCN(c3ncccc3C(F)(F)F)CC2)C1. The van der Waals surface area contributed by atoms with Gasteiger partial charge in [-0.3, -0.25) is 4.98 Å². The van der Waals surface area contributed by atoms with E-state index in [1.807, 2.05) is 4.90 Å². The fraction of sp³-hybridized carbons (Fsp3) is 0.526. The Balaban J connectivity index is 1.51. The molecule has 2 aromatic heterocycles. The molecule has 6 nitrogen and oxygen atoms in total. The van der Waals surface area contributed by atoms with E-state index in [1.54, 1.807) is 23.5 Å². The molecule has 9 heteroatoms. The van der Waals surface area contributed by atoms with Gasteiger partial charge in [0.2, 0.25) is 0 Å². The van der Waals surface area contributed by atoms with Crippen molar-refractivity contribution < 1.29 is 18.3 Å². The average molecular weight is 393 g/mol. The van der Waals surface area contributed by atoms with Crippen LogP contribution in [-0.4, -0.2) is 52.3 Å². The van der Waals surface area contributed by atoms with Crippen molar-refractivity contribution in [1.29, 1.82) is 0 Å². The number of rotatable bonds is 2. The van der Waals surface area contributed by atoms with Crippen molar-refractivity contribution in [2.24, 2.45) is 5.41 Å². The Morgan fingerprint density at radius 2 is 1.86 bits per heavy atom. The maximum atomic E-state index is 13.3. The number of aliphatic hydroxyl groups is 1. The summed E-state index contributed by atoms with van der Waals surface area (Å²) in [5.74, 6) is 0.708. The van der Waals surface area contributed by atoms with E-state index in [4.69, 9.17) is 0 Å². The first-order chi connectivity index (χ1) is 13.4. The molecular weight excluding hydrogens is 371 g/mol. The molecule has 4 heterocycles. The van der Waals surface area contributed by atoms with Crippen LogP contribution in [0.4, 0.5) is 24.8 Å². The van der Waals surface area contributed by atoms with Gasteiger partial charge in [0.15, 0.2) is 0 Å². The van der Waals surface area contributed by atoms with Crippen molar-refractivity contribution in [1.82, 2.24) is 15.0 Å². The second-order valence-electron chi connectivity index (χ2n) is 7.66. The smallest absolute Gasteiger partial charge is 0.391 e. The standard InChI is InChI=1S/C19H22F3N5O/c20-19(21,22)15-2-1-5-25-17(15)26-8-3-18(4-9-26)10-14(28)12-27(13-18)16-11-23-6-7-24-16/h1-2,5-7,11,14,28H,3-4,8-10,12-13H2. The number of aromatic nitrogens is 3. The molecule has 1 N–H and O–H groups in total. The number of alkyl halides is 3. The van der Waals surface area contributed by atoms with Gasteiger partial charge in [-0.05, 0) is 36.8 Å². The highest BCUT2D eigenvalue weighted by molar-refractivity contribution is 5.49. The molecule has 0 amide bonds. The minimum Gasteiger partial charge on any atom is -0.391 e. The van der Waals surface area contributed by atoms with Gasteiger partial charge in [0.05, 0.1) is 17.9 Å². The van der Waals surface area contributed by atoms with Crippen LogP contribution in [0.5, 0.6) is 0 Å². The van der Waals surface area contributed by atoms with Crippen molar-refractivity contribution in [3.63, 3.8) is 0 Å². The monoisotopic (exact) mass is 393 g/mol. The Kier molecular flexibility index (Phi) is 4.86. The maximum Gasteiger partial charge on any atom is 0.419 e.